The number of hydrogen-bond acceptors (Lipinski definition) is 8. The summed E-state index contributed by atoms with van der Waals surface area (Å²) in [5, 5.41) is 0.188. The number of carbonyl (C=O) groups is 3. The number of rotatable bonds is 5. The SMILES string of the molecule is COC(=O)c1cc(-c2ccc(/C=C3/SC(=O)N(Cc4cc5c(cc4Cl)OCO5)C3=O)o2)ccc1Cl. The summed E-state index contributed by atoms with van der Waals surface area (Å²) in [6.07, 6.45) is 1.49. The van der Waals surface area contributed by atoms with Gasteiger partial charge in [0.1, 0.15) is 11.5 Å². The minimum atomic E-state index is -0.570. The summed E-state index contributed by atoms with van der Waals surface area (Å²) in [6.45, 7) is 0.0759. The van der Waals surface area contributed by atoms with Crippen LogP contribution in [0.1, 0.15) is 21.7 Å². The fraction of sp³-hybridized carbons (Fsp3) is 0.125. The highest BCUT2D eigenvalue weighted by molar-refractivity contribution is 8.18. The second-order valence-electron chi connectivity index (χ2n) is 7.45. The Hall–Kier alpha value is -3.40. The molecule has 5 rings (SSSR count). The van der Waals surface area contributed by atoms with E-state index in [2.05, 4.69) is 0 Å². The predicted octanol–water partition coefficient (Wildman–Crippen LogP) is 6.01. The molecule has 2 aliphatic heterocycles. The summed E-state index contributed by atoms with van der Waals surface area (Å²) < 4.78 is 21.2. The number of amides is 2. The van der Waals surface area contributed by atoms with Gasteiger partial charge in [0, 0.05) is 22.7 Å². The molecule has 0 bridgehead atoms. The van der Waals surface area contributed by atoms with Crippen molar-refractivity contribution in [3.05, 3.63) is 74.3 Å². The Morgan fingerprint density at radius 2 is 1.86 bits per heavy atom. The Balaban J connectivity index is 1.36. The number of halogens is 2. The average molecular weight is 532 g/mol. The van der Waals surface area contributed by atoms with Gasteiger partial charge in [0.2, 0.25) is 6.79 Å². The minimum absolute atomic E-state index is 0.0119. The van der Waals surface area contributed by atoms with Gasteiger partial charge in [-0.15, -0.1) is 0 Å². The number of fused-ring (bicyclic) bond motifs is 1. The van der Waals surface area contributed by atoms with E-state index in [1.807, 2.05) is 0 Å². The number of benzene rings is 2. The molecule has 8 nitrogen and oxygen atoms in total. The van der Waals surface area contributed by atoms with E-state index in [1.54, 1.807) is 42.5 Å². The first-order valence-electron chi connectivity index (χ1n) is 10.2. The van der Waals surface area contributed by atoms with Crippen LogP contribution in [0.4, 0.5) is 4.79 Å². The van der Waals surface area contributed by atoms with E-state index in [1.165, 1.54) is 13.2 Å². The van der Waals surface area contributed by atoms with Crippen molar-refractivity contribution in [2.75, 3.05) is 13.9 Å². The van der Waals surface area contributed by atoms with Gasteiger partial charge in [-0.05, 0) is 53.7 Å². The van der Waals surface area contributed by atoms with Crippen LogP contribution in [0.3, 0.4) is 0 Å². The molecule has 0 N–H and O–H groups in total. The number of esters is 1. The Kier molecular flexibility index (Phi) is 6.22. The normalized spacial score (nSPS) is 15.9. The molecule has 3 aromatic rings. The molecule has 0 saturated carbocycles. The van der Waals surface area contributed by atoms with E-state index in [9.17, 15) is 14.4 Å². The minimum Gasteiger partial charge on any atom is -0.465 e. The van der Waals surface area contributed by atoms with Crippen molar-refractivity contribution in [1.29, 1.82) is 0 Å². The molecule has 35 heavy (non-hydrogen) atoms. The maximum absolute atomic E-state index is 12.9. The maximum Gasteiger partial charge on any atom is 0.339 e. The zero-order valence-corrected chi connectivity index (χ0v) is 20.3. The first-order chi connectivity index (χ1) is 16.8. The van der Waals surface area contributed by atoms with Crippen molar-refractivity contribution < 1.29 is 33.0 Å². The summed E-state index contributed by atoms with van der Waals surface area (Å²) in [6, 6.07) is 11.4. The van der Waals surface area contributed by atoms with Crippen LogP contribution in [0.25, 0.3) is 17.4 Å². The molecule has 0 aliphatic carbocycles. The third kappa shape index (κ3) is 4.50. The van der Waals surface area contributed by atoms with Crippen LogP contribution in [0, 0.1) is 0 Å². The summed E-state index contributed by atoms with van der Waals surface area (Å²) in [7, 11) is 1.27. The van der Waals surface area contributed by atoms with E-state index >= 15 is 0 Å². The Bertz CT molecular complexity index is 1410. The third-order valence-corrected chi connectivity index (χ3v) is 6.89. The third-order valence-electron chi connectivity index (χ3n) is 5.30. The maximum atomic E-state index is 12.9. The number of thioether (sulfide) groups is 1. The number of methoxy groups -OCH3 is 1. The number of imide groups is 1. The van der Waals surface area contributed by atoms with Gasteiger partial charge in [-0.25, -0.2) is 4.79 Å². The summed E-state index contributed by atoms with van der Waals surface area (Å²) in [4.78, 5) is 38.7. The van der Waals surface area contributed by atoms with Gasteiger partial charge in [-0.3, -0.25) is 14.5 Å². The van der Waals surface area contributed by atoms with Crippen molar-refractivity contribution >= 4 is 58.2 Å². The number of hydrogen-bond donors (Lipinski definition) is 0. The van der Waals surface area contributed by atoms with Crippen LogP contribution in [0.15, 0.2) is 51.8 Å². The molecular weight excluding hydrogens is 517 g/mol. The van der Waals surface area contributed by atoms with Crippen LogP contribution < -0.4 is 9.47 Å². The van der Waals surface area contributed by atoms with Gasteiger partial charge in [0.05, 0.1) is 29.1 Å². The molecule has 3 heterocycles. The molecule has 1 aromatic heterocycles. The van der Waals surface area contributed by atoms with Crippen molar-refractivity contribution in [1.82, 2.24) is 4.90 Å². The van der Waals surface area contributed by atoms with Crippen molar-refractivity contribution in [3.8, 4) is 22.8 Å². The van der Waals surface area contributed by atoms with Crippen LogP contribution >= 0.6 is 35.0 Å². The standard InChI is InChI=1S/C24H15Cl2NO7S/c1-31-23(29)15-6-12(2-4-16(15)25)18-5-3-14(34-18)8-21-22(28)27(24(30)35-21)10-13-7-19-20(9-17(13)26)33-11-32-19/h2-9H,10-11H2,1H3/b21-8+. The van der Waals surface area contributed by atoms with E-state index in [0.29, 0.717) is 39.2 Å². The number of nitrogens with zero attached hydrogens (tertiary/aromatic N) is 1. The fourth-order valence-electron chi connectivity index (χ4n) is 3.55. The smallest absolute Gasteiger partial charge is 0.339 e. The molecule has 0 unspecified atom stereocenters. The lowest BCUT2D eigenvalue weighted by Gasteiger charge is -2.14. The van der Waals surface area contributed by atoms with Gasteiger partial charge in [0.15, 0.2) is 11.5 Å². The fourth-order valence-corrected chi connectivity index (χ4v) is 4.77. The van der Waals surface area contributed by atoms with Crippen LogP contribution in [-0.4, -0.2) is 35.9 Å². The molecule has 1 fully saturated rings. The summed E-state index contributed by atoms with van der Waals surface area (Å²) in [5.41, 5.74) is 1.36. The average Bonchev–Trinajstić information content (AvgIpc) is 3.55. The Labute approximate surface area is 213 Å². The highest BCUT2D eigenvalue weighted by Crippen LogP contribution is 2.39. The largest absolute Gasteiger partial charge is 0.465 e. The topological polar surface area (TPSA) is 95.3 Å². The van der Waals surface area contributed by atoms with Crippen molar-refractivity contribution in [2.45, 2.75) is 6.54 Å². The lowest BCUT2D eigenvalue weighted by molar-refractivity contribution is -0.123. The molecular formula is C24H15Cl2NO7S. The molecule has 11 heteroatoms. The van der Waals surface area contributed by atoms with E-state index in [4.69, 9.17) is 41.8 Å². The molecule has 2 amide bonds. The van der Waals surface area contributed by atoms with Gasteiger partial charge >= 0.3 is 5.97 Å². The second kappa shape index (κ2) is 9.33. The zero-order chi connectivity index (χ0) is 24.7. The van der Waals surface area contributed by atoms with Crippen LogP contribution in [0.5, 0.6) is 11.5 Å². The zero-order valence-electron chi connectivity index (χ0n) is 18.0. The molecule has 0 atom stereocenters. The molecule has 0 radical (unpaired) electrons. The quantitative estimate of drug-likeness (QED) is 0.292. The molecule has 1 saturated heterocycles. The summed E-state index contributed by atoms with van der Waals surface area (Å²) >= 11 is 13.2. The number of carbonyl (C=O) groups excluding carboxylic acids is 3. The summed E-state index contributed by atoms with van der Waals surface area (Å²) in [5.74, 6) is 0.796. The number of ether oxygens (including phenoxy) is 3. The van der Waals surface area contributed by atoms with Gasteiger partial charge in [0.25, 0.3) is 11.1 Å². The molecule has 2 aliphatic rings. The van der Waals surface area contributed by atoms with Crippen molar-refractivity contribution in [3.63, 3.8) is 0 Å². The van der Waals surface area contributed by atoms with Gasteiger partial charge in [-0.2, -0.15) is 0 Å². The predicted molar refractivity (Wildman–Crippen MR) is 130 cm³/mol. The van der Waals surface area contributed by atoms with E-state index < -0.39 is 17.1 Å². The molecule has 178 valence electrons. The van der Waals surface area contributed by atoms with Gasteiger partial charge < -0.3 is 18.6 Å². The highest BCUT2D eigenvalue weighted by atomic mass is 35.5. The van der Waals surface area contributed by atoms with E-state index in [0.717, 1.165) is 16.7 Å². The molecule has 0 spiro atoms. The Morgan fingerprint density at radius 1 is 1.09 bits per heavy atom. The van der Waals surface area contributed by atoms with E-state index in [-0.39, 0.29) is 28.8 Å². The van der Waals surface area contributed by atoms with Crippen LogP contribution in [0.2, 0.25) is 10.0 Å². The second-order valence-corrected chi connectivity index (χ2v) is 9.26. The van der Waals surface area contributed by atoms with Crippen molar-refractivity contribution in [2.24, 2.45) is 0 Å². The lowest BCUT2D eigenvalue weighted by atomic mass is 10.1. The number of furan rings is 1. The monoisotopic (exact) mass is 531 g/mol. The first kappa shape index (κ1) is 23.3. The molecule has 2 aromatic carbocycles. The first-order valence-corrected chi connectivity index (χ1v) is 11.7. The van der Waals surface area contributed by atoms with Crippen LogP contribution in [-0.2, 0) is 16.1 Å². The van der Waals surface area contributed by atoms with Gasteiger partial charge in [-0.1, -0.05) is 23.2 Å². The Morgan fingerprint density at radius 3 is 2.63 bits per heavy atom. The lowest BCUT2D eigenvalue weighted by Crippen LogP contribution is -2.27. The highest BCUT2D eigenvalue weighted by Gasteiger charge is 2.36.